The summed E-state index contributed by atoms with van der Waals surface area (Å²) in [7, 11) is 1.94. The van der Waals surface area contributed by atoms with Crippen molar-refractivity contribution in [2.24, 2.45) is 0 Å². The first-order valence-corrected chi connectivity index (χ1v) is 7.14. The summed E-state index contributed by atoms with van der Waals surface area (Å²) in [6.07, 6.45) is 3.49. The Labute approximate surface area is 122 Å². The molecule has 1 aromatic carbocycles. The number of likely N-dealkylation sites (N-methyl/N-ethyl adjacent to an activating group) is 1. The molecule has 0 spiro atoms. The summed E-state index contributed by atoms with van der Waals surface area (Å²) >= 11 is 0. The monoisotopic (exact) mass is 286 g/mol. The molecule has 2 heterocycles. The second kappa shape index (κ2) is 5.65. The van der Waals surface area contributed by atoms with Gasteiger partial charge < -0.3 is 10.2 Å². The van der Waals surface area contributed by atoms with Gasteiger partial charge in [-0.3, -0.25) is 10.1 Å². The number of aromatic nitrogens is 1. The van der Waals surface area contributed by atoms with E-state index < -0.39 is 0 Å². The third-order valence-corrected chi connectivity index (χ3v) is 4.10. The van der Waals surface area contributed by atoms with E-state index in [4.69, 9.17) is 0 Å². The first-order chi connectivity index (χ1) is 10.2. The molecule has 0 bridgehead atoms. The number of rotatable bonds is 3. The highest BCUT2D eigenvalue weighted by Crippen LogP contribution is 2.35. The zero-order valence-electron chi connectivity index (χ0n) is 12.0. The number of hydrogen-bond acceptors (Lipinski definition) is 5. The number of pyridine rings is 1. The van der Waals surface area contributed by atoms with Crippen molar-refractivity contribution in [3.05, 3.63) is 40.6 Å². The van der Waals surface area contributed by atoms with E-state index in [1.54, 1.807) is 0 Å². The second-order valence-corrected chi connectivity index (χ2v) is 5.38. The number of fused-ring (bicyclic) bond motifs is 1. The van der Waals surface area contributed by atoms with Crippen LogP contribution in [-0.4, -0.2) is 36.1 Å². The Bertz CT molecular complexity index is 668. The van der Waals surface area contributed by atoms with Gasteiger partial charge in [0.25, 0.3) is 0 Å². The Morgan fingerprint density at radius 3 is 2.95 bits per heavy atom. The molecule has 1 aliphatic heterocycles. The maximum Gasteiger partial charge on any atom is 0.311 e. The third kappa shape index (κ3) is 2.54. The van der Waals surface area contributed by atoms with Crippen LogP contribution in [0.1, 0.15) is 12.8 Å². The molecular weight excluding hydrogens is 268 g/mol. The lowest BCUT2D eigenvalue weighted by Gasteiger charge is -2.33. The van der Waals surface area contributed by atoms with Crippen LogP contribution in [0.15, 0.2) is 30.5 Å². The van der Waals surface area contributed by atoms with Gasteiger partial charge in [0.15, 0.2) is 0 Å². The van der Waals surface area contributed by atoms with E-state index in [2.05, 4.69) is 10.3 Å². The van der Waals surface area contributed by atoms with E-state index in [0.717, 1.165) is 36.8 Å². The lowest BCUT2D eigenvalue weighted by molar-refractivity contribution is -0.384. The van der Waals surface area contributed by atoms with Gasteiger partial charge in [0.05, 0.1) is 10.4 Å². The second-order valence-electron chi connectivity index (χ2n) is 5.38. The highest BCUT2D eigenvalue weighted by atomic mass is 16.6. The molecule has 1 unspecified atom stereocenters. The molecule has 0 saturated carbocycles. The Kier molecular flexibility index (Phi) is 3.70. The zero-order chi connectivity index (χ0) is 14.8. The van der Waals surface area contributed by atoms with Gasteiger partial charge in [0.1, 0.15) is 11.9 Å². The van der Waals surface area contributed by atoms with Crippen molar-refractivity contribution in [3.63, 3.8) is 0 Å². The molecule has 3 rings (SSSR count). The fourth-order valence-electron chi connectivity index (χ4n) is 2.97. The number of benzene rings is 1. The Morgan fingerprint density at radius 1 is 1.43 bits per heavy atom. The van der Waals surface area contributed by atoms with Crippen LogP contribution in [0.25, 0.3) is 10.9 Å². The predicted octanol–water partition coefficient (Wildman–Crippen LogP) is 2.33. The molecule has 0 radical (unpaired) electrons. The number of piperidine rings is 1. The minimum absolute atomic E-state index is 0.0711. The van der Waals surface area contributed by atoms with Crippen LogP contribution < -0.4 is 10.2 Å². The molecular formula is C15H18N4O2. The number of anilines is 1. The van der Waals surface area contributed by atoms with Gasteiger partial charge in [-0.05, 0) is 25.5 Å². The lowest BCUT2D eigenvalue weighted by atomic mass is 10.0. The standard InChI is InChI=1S/C15H18N4O2/c1-18(11-5-4-8-16-9-11)15-12-6-2-3-7-13(12)17-10-14(15)19(20)21/h2-3,6-7,10-11,16H,4-5,8-9H2,1H3. The van der Waals surface area contributed by atoms with Crippen molar-refractivity contribution in [1.29, 1.82) is 0 Å². The summed E-state index contributed by atoms with van der Waals surface area (Å²) in [5.41, 5.74) is 1.52. The van der Waals surface area contributed by atoms with Crippen molar-refractivity contribution in [2.75, 3.05) is 25.0 Å². The smallest absolute Gasteiger partial charge is 0.311 e. The normalized spacial score (nSPS) is 18.6. The van der Waals surface area contributed by atoms with Crippen LogP contribution in [0.5, 0.6) is 0 Å². The van der Waals surface area contributed by atoms with Crippen LogP contribution in [0.2, 0.25) is 0 Å². The molecule has 1 aliphatic rings. The molecule has 6 heteroatoms. The highest BCUT2D eigenvalue weighted by molar-refractivity contribution is 5.96. The molecule has 0 aliphatic carbocycles. The maximum absolute atomic E-state index is 11.4. The molecule has 0 amide bonds. The van der Waals surface area contributed by atoms with Crippen LogP contribution in [0.3, 0.4) is 0 Å². The lowest BCUT2D eigenvalue weighted by Crippen LogP contribution is -2.44. The number of nitro groups is 1. The summed E-state index contributed by atoms with van der Waals surface area (Å²) < 4.78 is 0. The number of nitrogens with zero attached hydrogens (tertiary/aromatic N) is 3. The van der Waals surface area contributed by atoms with Gasteiger partial charge in [-0.15, -0.1) is 0 Å². The summed E-state index contributed by atoms with van der Waals surface area (Å²) in [6.45, 7) is 1.87. The molecule has 21 heavy (non-hydrogen) atoms. The number of hydrogen-bond donors (Lipinski definition) is 1. The fraction of sp³-hybridized carbons (Fsp3) is 0.400. The molecule has 6 nitrogen and oxygen atoms in total. The summed E-state index contributed by atoms with van der Waals surface area (Å²) in [6, 6.07) is 7.84. The Hall–Kier alpha value is -2.21. The number of nitrogens with one attached hydrogen (secondary N) is 1. The molecule has 1 saturated heterocycles. The van der Waals surface area contributed by atoms with Crippen molar-refractivity contribution in [3.8, 4) is 0 Å². The molecule has 1 aromatic heterocycles. The summed E-state index contributed by atoms with van der Waals surface area (Å²) in [5, 5.41) is 15.6. The van der Waals surface area contributed by atoms with Gasteiger partial charge in [-0.1, -0.05) is 18.2 Å². The Morgan fingerprint density at radius 2 is 2.24 bits per heavy atom. The quantitative estimate of drug-likeness (QED) is 0.692. The largest absolute Gasteiger partial charge is 0.364 e. The average Bonchev–Trinajstić information content (AvgIpc) is 2.53. The minimum Gasteiger partial charge on any atom is -0.364 e. The summed E-state index contributed by atoms with van der Waals surface area (Å²) in [5.74, 6) is 0. The summed E-state index contributed by atoms with van der Waals surface area (Å²) in [4.78, 5) is 17.3. The molecule has 2 aromatic rings. The van der Waals surface area contributed by atoms with Gasteiger partial charge in [0, 0.05) is 25.0 Å². The van der Waals surface area contributed by atoms with Gasteiger partial charge in [-0.25, -0.2) is 4.98 Å². The van der Waals surface area contributed by atoms with Crippen molar-refractivity contribution in [2.45, 2.75) is 18.9 Å². The minimum atomic E-state index is -0.346. The van der Waals surface area contributed by atoms with E-state index in [1.807, 2.05) is 36.2 Å². The molecule has 1 N–H and O–H groups in total. The SMILES string of the molecule is CN(c1c([N+](=O)[O-])cnc2ccccc12)C1CCCNC1. The average molecular weight is 286 g/mol. The first kappa shape index (κ1) is 13.8. The predicted molar refractivity (Wildman–Crippen MR) is 82.7 cm³/mol. The van der Waals surface area contributed by atoms with Crippen LogP contribution >= 0.6 is 0 Å². The van der Waals surface area contributed by atoms with Crippen LogP contribution in [0.4, 0.5) is 11.4 Å². The number of para-hydroxylation sites is 1. The maximum atomic E-state index is 11.4. The van der Waals surface area contributed by atoms with E-state index >= 15 is 0 Å². The third-order valence-electron chi connectivity index (χ3n) is 4.10. The fourth-order valence-corrected chi connectivity index (χ4v) is 2.97. The molecule has 1 atom stereocenters. The van der Waals surface area contributed by atoms with E-state index in [1.165, 1.54) is 6.20 Å². The van der Waals surface area contributed by atoms with Crippen LogP contribution in [-0.2, 0) is 0 Å². The van der Waals surface area contributed by atoms with Crippen LogP contribution in [0, 0.1) is 10.1 Å². The van der Waals surface area contributed by atoms with E-state index in [0.29, 0.717) is 5.69 Å². The zero-order valence-corrected chi connectivity index (χ0v) is 12.0. The van der Waals surface area contributed by atoms with Crippen molar-refractivity contribution >= 4 is 22.3 Å². The van der Waals surface area contributed by atoms with Crippen molar-refractivity contribution < 1.29 is 4.92 Å². The van der Waals surface area contributed by atoms with E-state index in [-0.39, 0.29) is 16.7 Å². The molecule has 110 valence electrons. The van der Waals surface area contributed by atoms with Gasteiger partial charge >= 0.3 is 5.69 Å². The highest BCUT2D eigenvalue weighted by Gasteiger charge is 2.26. The van der Waals surface area contributed by atoms with E-state index in [9.17, 15) is 10.1 Å². The van der Waals surface area contributed by atoms with Gasteiger partial charge in [0.2, 0.25) is 0 Å². The topological polar surface area (TPSA) is 71.3 Å². The van der Waals surface area contributed by atoms with Gasteiger partial charge in [-0.2, -0.15) is 0 Å². The Balaban J connectivity index is 2.13. The van der Waals surface area contributed by atoms with Crippen molar-refractivity contribution in [1.82, 2.24) is 10.3 Å². The molecule has 1 fully saturated rings. The first-order valence-electron chi connectivity index (χ1n) is 7.14.